The highest BCUT2D eigenvalue weighted by molar-refractivity contribution is 6.11. The van der Waals surface area contributed by atoms with Gasteiger partial charge in [-0.05, 0) is 0 Å². The van der Waals surface area contributed by atoms with Crippen molar-refractivity contribution in [1.82, 2.24) is 15.5 Å². The molecular weight excluding hydrogens is 298 g/mol. The molecule has 4 amide bonds. The second-order valence-electron chi connectivity index (χ2n) is 5.21. The van der Waals surface area contributed by atoms with Crippen LogP contribution in [0.25, 0.3) is 0 Å². The number of nitrogens with zero attached hydrogens (tertiary/aromatic N) is 2. The lowest BCUT2D eigenvalue weighted by molar-refractivity contribution is -0.131. The van der Waals surface area contributed by atoms with Crippen LogP contribution in [0, 0.1) is 0 Å². The number of nitrogens with two attached hydrogens (primary N) is 1. The lowest BCUT2D eigenvalue weighted by Crippen LogP contribution is -2.51. The number of guanidine groups is 1. The minimum Gasteiger partial charge on any atom is -0.394 e. The zero-order valence-corrected chi connectivity index (χ0v) is 11.3. The van der Waals surface area contributed by atoms with Crippen molar-refractivity contribution in [3.63, 3.8) is 0 Å². The molecule has 0 aromatic heterocycles. The van der Waals surface area contributed by atoms with Crippen LogP contribution in [0.2, 0.25) is 0 Å². The number of carbonyl (C=O) groups is 3. The number of hydrogen-bond acceptors (Lipinski definition) is 8. The number of aliphatic imine (C=N–C) groups is 1. The molecule has 120 valence electrons. The van der Waals surface area contributed by atoms with Gasteiger partial charge < -0.3 is 20.7 Å². The van der Waals surface area contributed by atoms with Gasteiger partial charge in [0.1, 0.15) is 18.4 Å². The minimum absolute atomic E-state index is 0.00988. The summed E-state index contributed by atoms with van der Waals surface area (Å²) in [4.78, 5) is 40.6. The summed E-state index contributed by atoms with van der Waals surface area (Å²) in [6.07, 6.45) is -2.78. The number of imide groups is 1. The molecule has 3 aliphatic heterocycles. The Morgan fingerprint density at radius 3 is 2.59 bits per heavy atom. The van der Waals surface area contributed by atoms with E-state index in [0.717, 1.165) is 4.90 Å². The first-order valence-electron chi connectivity index (χ1n) is 6.64. The maximum Gasteiger partial charge on any atom is 0.326 e. The Labute approximate surface area is 124 Å². The molecule has 3 rings (SSSR count). The second-order valence-corrected chi connectivity index (χ2v) is 5.21. The fraction of sp³-hybridized carbons (Fsp3) is 0.636. The molecule has 3 heterocycles. The van der Waals surface area contributed by atoms with E-state index in [9.17, 15) is 19.5 Å². The van der Waals surface area contributed by atoms with Crippen molar-refractivity contribution in [1.29, 1.82) is 0 Å². The molecule has 6 N–H and O–H groups in total. The monoisotopic (exact) mass is 313 g/mol. The van der Waals surface area contributed by atoms with E-state index in [-0.39, 0.29) is 12.4 Å². The Bertz CT molecular complexity index is 565. The summed E-state index contributed by atoms with van der Waals surface area (Å²) in [7, 11) is 0. The van der Waals surface area contributed by atoms with Crippen molar-refractivity contribution in [3.8, 4) is 0 Å². The average molecular weight is 313 g/mol. The zero-order chi connectivity index (χ0) is 16.0. The van der Waals surface area contributed by atoms with Crippen LogP contribution < -0.4 is 16.4 Å². The first-order valence-corrected chi connectivity index (χ1v) is 6.64. The molecule has 2 unspecified atom stereocenters. The summed E-state index contributed by atoms with van der Waals surface area (Å²) < 4.78 is 5.38. The zero-order valence-electron chi connectivity index (χ0n) is 11.3. The van der Waals surface area contributed by atoms with Gasteiger partial charge in [0.05, 0.1) is 12.7 Å². The largest absolute Gasteiger partial charge is 0.394 e. The van der Waals surface area contributed by atoms with Crippen molar-refractivity contribution in [3.05, 3.63) is 0 Å². The van der Waals surface area contributed by atoms with Crippen molar-refractivity contribution in [2.75, 3.05) is 6.61 Å². The number of aliphatic hydroxyl groups excluding tert-OH is 2. The summed E-state index contributed by atoms with van der Waals surface area (Å²) >= 11 is 0. The number of carbonyl (C=O) groups excluding carboxylic acids is 3. The van der Waals surface area contributed by atoms with Gasteiger partial charge >= 0.3 is 6.03 Å². The first kappa shape index (κ1) is 14.7. The van der Waals surface area contributed by atoms with Gasteiger partial charge in [0, 0.05) is 6.42 Å². The van der Waals surface area contributed by atoms with E-state index in [2.05, 4.69) is 15.6 Å². The van der Waals surface area contributed by atoms with Crippen molar-refractivity contribution in [2.24, 2.45) is 10.7 Å². The van der Waals surface area contributed by atoms with E-state index in [4.69, 9.17) is 15.6 Å². The van der Waals surface area contributed by atoms with Gasteiger partial charge in [0.15, 0.2) is 12.0 Å². The van der Waals surface area contributed by atoms with Crippen LogP contribution in [-0.4, -0.2) is 76.0 Å². The molecular formula is C11H15N5O6. The molecule has 0 aliphatic carbocycles. The van der Waals surface area contributed by atoms with Crippen LogP contribution in [0.5, 0.6) is 0 Å². The molecule has 0 aromatic carbocycles. The topological polar surface area (TPSA) is 167 Å². The van der Waals surface area contributed by atoms with E-state index in [0.29, 0.717) is 0 Å². The Morgan fingerprint density at radius 1 is 1.32 bits per heavy atom. The van der Waals surface area contributed by atoms with Crippen molar-refractivity contribution >= 4 is 23.8 Å². The van der Waals surface area contributed by atoms with Crippen LogP contribution in [0.15, 0.2) is 4.99 Å². The number of urea groups is 1. The average Bonchev–Trinajstić information content (AvgIpc) is 3.05. The van der Waals surface area contributed by atoms with Gasteiger partial charge in [-0.15, -0.1) is 0 Å². The third kappa shape index (κ3) is 2.19. The highest BCUT2D eigenvalue weighted by Gasteiger charge is 2.53. The molecule has 5 atom stereocenters. The van der Waals surface area contributed by atoms with Crippen molar-refractivity contribution in [2.45, 2.75) is 36.9 Å². The van der Waals surface area contributed by atoms with Gasteiger partial charge in [0.25, 0.3) is 11.8 Å². The van der Waals surface area contributed by atoms with Gasteiger partial charge in [-0.3, -0.25) is 25.1 Å². The Kier molecular flexibility index (Phi) is 3.47. The fourth-order valence-corrected chi connectivity index (χ4v) is 2.81. The molecule has 11 nitrogen and oxygen atoms in total. The molecule has 11 heteroatoms. The standard InChI is InChI=1S/C11H15N5O6/c12-10-13-6(8(19)14-10)7-9(20)15-11(21)16(7)5-1-3(18)4(2-17)22-5/h3-7,17-18H,1-2H2,(H,15,20,21)(H3,12,13,14,19)/t3-,4+,5+,6?,7?/m0/s1. The summed E-state index contributed by atoms with van der Waals surface area (Å²) in [5, 5.41) is 23.2. The van der Waals surface area contributed by atoms with Crippen LogP contribution in [-0.2, 0) is 14.3 Å². The van der Waals surface area contributed by atoms with Crippen LogP contribution >= 0.6 is 0 Å². The van der Waals surface area contributed by atoms with E-state index in [1.807, 2.05) is 0 Å². The minimum atomic E-state index is -1.22. The highest BCUT2D eigenvalue weighted by atomic mass is 16.5. The Balaban J connectivity index is 1.86. The van der Waals surface area contributed by atoms with E-state index >= 15 is 0 Å². The molecule has 3 aliphatic rings. The SMILES string of the molecule is NC1=NC(C2C(=O)NC(=O)N2[C@H]2C[C@H](O)[C@@H](CO)O2)C(=O)N1. The maximum atomic E-state index is 12.0. The molecule has 0 spiro atoms. The summed E-state index contributed by atoms with van der Waals surface area (Å²) in [5.41, 5.74) is 5.41. The summed E-state index contributed by atoms with van der Waals surface area (Å²) in [5.74, 6) is -1.44. The van der Waals surface area contributed by atoms with E-state index in [1.54, 1.807) is 0 Å². The van der Waals surface area contributed by atoms with Crippen LogP contribution in [0.1, 0.15) is 6.42 Å². The normalized spacial score (nSPS) is 38.3. The molecule has 0 radical (unpaired) electrons. The van der Waals surface area contributed by atoms with Gasteiger partial charge in [0.2, 0.25) is 0 Å². The number of nitrogens with one attached hydrogen (secondary N) is 2. The third-order valence-electron chi connectivity index (χ3n) is 3.82. The number of rotatable bonds is 3. The summed E-state index contributed by atoms with van der Waals surface area (Å²) in [6, 6.07) is -3.15. The van der Waals surface area contributed by atoms with Gasteiger partial charge in [-0.2, -0.15) is 0 Å². The fourth-order valence-electron chi connectivity index (χ4n) is 2.81. The number of amides is 4. The maximum absolute atomic E-state index is 12.0. The lowest BCUT2D eigenvalue weighted by Gasteiger charge is -2.28. The predicted octanol–water partition coefficient (Wildman–Crippen LogP) is -3.81. The Hall–Kier alpha value is -2.24. The van der Waals surface area contributed by atoms with E-state index < -0.39 is 55.0 Å². The molecule has 2 saturated heterocycles. The molecule has 0 saturated carbocycles. The van der Waals surface area contributed by atoms with Gasteiger partial charge in [-0.1, -0.05) is 0 Å². The first-order chi connectivity index (χ1) is 10.4. The molecule has 2 fully saturated rings. The van der Waals surface area contributed by atoms with Crippen LogP contribution in [0.3, 0.4) is 0 Å². The number of ether oxygens (including phenoxy) is 1. The summed E-state index contributed by atoms with van der Waals surface area (Å²) in [6.45, 7) is -0.430. The quantitative estimate of drug-likeness (QED) is 0.333. The lowest BCUT2D eigenvalue weighted by atomic mass is 10.1. The number of hydrogen-bond donors (Lipinski definition) is 5. The van der Waals surface area contributed by atoms with Gasteiger partial charge in [-0.25, -0.2) is 9.79 Å². The molecule has 0 bridgehead atoms. The Morgan fingerprint density at radius 2 is 2.05 bits per heavy atom. The second kappa shape index (κ2) is 5.19. The van der Waals surface area contributed by atoms with E-state index in [1.165, 1.54) is 0 Å². The molecule has 22 heavy (non-hydrogen) atoms. The predicted molar refractivity (Wildman–Crippen MR) is 69.1 cm³/mol. The van der Waals surface area contributed by atoms with Crippen molar-refractivity contribution < 1.29 is 29.3 Å². The van der Waals surface area contributed by atoms with Crippen LogP contribution in [0.4, 0.5) is 4.79 Å². The number of aliphatic hydroxyl groups is 2. The highest BCUT2D eigenvalue weighted by Crippen LogP contribution is 2.29. The smallest absolute Gasteiger partial charge is 0.326 e. The molecule has 0 aromatic rings. The third-order valence-corrected chi connectivity index (χ3v) is 3.82.